The Morgan fingerprint density at radius 3 is 3.00 bits per heavy atom. The Morgan fingerprint density at radius 2 is 2.35 bits per heavy atom. The Kier molecular flexibility index (Phi) is 3.38. The van der Waals surface area contributed by atoms with Crippen LogP contribution in [0.4, 0.5) is 11.4 Å². The van der Waals surface area contributed by atoms with Crippen molar-refractivity contribution in [3.8, 4) is 0 Å². The monoisotopic (exact) mass is 297 g/mol. The summed E-state index contributed by atoms with van der Waals surface area (Å²) in [5, 5.41) is 13.8. The molecule has 17 heavy (non-hydrogen) atoms. The van der Waals surface area contributed by atoms with Gasteiger partial charge in [-0.2, -0.15) is 0 Å². The quantitative estimate of drug-likeness (QED) is 0.693. The van der Waals surface area contributed by atoms with Gasteiger partial charge in [0.2, 0.25) is 0 Å². The third kappa shape index (κ3) is 2.62. The van der Waals surface area contributed by atoms with Gasteiger partial charge in [0.1, 0.15) is 17.6 Å². The van der Waals surface area contributed by atoms with Crippen LogP contribution in [0.25, 0.3) is 0 Å². The summed E-state index contributed by atoms with van der Waals surface area (Å²) in [6.45, 7) is 0.371. The molecule has 6 nitrogen and oxygen atoms in total. The molecule has 2 heterocycles. The second-order valence-corrected chi connectivity index (χ2v) is 4.06. The number of halogens is 1. The zero-order valence-electron chi connectivity index (χ0n) is 8.59. The molecule has 7 heteroatoms. The standard InChI is InChI=1S/C10H8BrN3O3/c11-8-5-12-6-9(14(15)16)10(8)13-4-7-2-1-3-17-7/h1-3,5-6H,4H2,(H,12,13). The molecule has 2 aromatic rings. The summed E-state index contributed by atoms with van der Waals surface area (Å²) in [5.74, 6) is 0.697. The highest BCUT2D eigenvalue weighted by Crippen LogP contribution is 2.31. The minimum Gasteiger partial charge on any atom is -0.467 e. The molecule has 0 amide bonds. The number of rotatable bonds is 4. The average molecular weight is 298 g/mol. The second-order valence-electron chi connectivity index (χ2n) is 3.21. The lowest BCUT2D eigenvalue weighted by Crippen LogP contribution is -2.03. The summed E-state index contributed by atoms with van der Waals surface area (Å²) in [6, 6.07) is 3.54. The third-order valence-corrected chi connectivity index (χ3v) is 2.70. The van der Waals surface area contributed by atoms with E-state index in [2.05, 4.69) is 26.2 Å². The van der Waals surface area contributed by atoms with E-state index in [0.717, 1.165) is 0 Å². The summed E-state index contributed by atoms with van der Waals surface area (Å²) in [5.41, 5.74) is 0.312. The van der Waals surface area contributed by atoms with Crippen molar-refractivity contribution in [2.45, 2.75) is 6.54 Å². The summed E-state index contributed by atoms with van der Waals surface area (Å²) < 4.78 is 5.67. The van der Waals surface area contributed by atoms with Gasteiger partial charge in [0.15, 0.2) is 0 Å². The van der Waals surface area contributed by atoms with Crippen LogP contribution in [0.1, 0.15) is 5.76 Å². The number of hydrogen-bond acceptors (Lipinski definition) is 5. The molecule has 0 atom stereocenters. The lowest BCUT2D eigenvalue weighted by atomic mass is 10.3. The Morgan fingerprint density at radius 1 is 1.53 bits per heavy atom. The minimum atomic E-state index is -0.484. The van der Waals surface area contributed by atoms with Crippen molar-refractivity contribution in [2.75, 3.05) is 5.32 Å². The number of pyridine rings is 1. The van der Waals surface area contributed by atoms with Gasteiger partial charge in [-0.1, -0.05) is 0 Å². The first-order valence-corrected chi connectivity index (χ1v) is 5.52. The van der Waals surface area contributed by atoms with E-state index >= 15 is 0 Å². The van der Waals surface area contributed by atoms with Gasteiger partial charge in [0.05, 0.1) is 22.2 Å². The smallest absolute Gasteiger partial charge is 0.311 e. The van der Waals surface area contributed by atoms with Crippen molar-refractivity contribution < 1.29 is 9.34 Å². The fourth-order valence-electron chi connectivity index (χ4n) is 1.33. The second kappa shape index (κ2) is 4.96. The van der Waals surface area contributed by atoms with Crippen molar-refractivity contribution in [3.63, 3.8) is 0 Å². The predicted octanol–water partition coefficient (Wildman–Crippen LogP) is 2.96. The SMILES string of the molecule is O=[N+]([O-])c1cncc(Br)c1NCc1ccco1. The molecule has 0 aliphatic heterocycles. The molecule has 0 unspecified atom stereocenters. The van der Waals surface area contributed by atoms with Crippen molar-refractivity contribution in [1.29, 1.82) is 0 Å². The van der Waals surface area contributed by atoms with Gasteiger partial charge in [0, 0.05) is 6.20 Å². The van der Waals surface area contributed by atoms with Gasteiger partial charge >= 0.3 is 5.69 Å². The van der Waals surface area contributed by atoms with E-state index in [9.17, 15) is 10.1 Å². The normalized spacial score (nSPS) is 10.2. The zero-order chi connectivity index (χ0) is 12.3. The van der Waals surface area contributed by atoms with Crippen molar-refractivity contribution in [2.24, 2.45) is 0 Å². The summed E-state index contributed by atoms with van der Waals surface area (Å²) in [4.78, 5) is 14.1. The number of nitrogens with zero attached hydrogens (tertiary/aromatic N) is 2. The van der Waals surface area contributed by atoms with Crippen LogP contribution in [0.5, 0.6) is 0 Å². The summed E-state index contributed by atoms with van der Waals surface area (Å²) >= 11 is 3.22. The highest BCUT2D eigenvalue weighted by atomic mass is 79.9. The van der Waals surface area contributed by atoms with Crippen LogP contribution in [0.2, 0.25) is 0 Å². The van der Waals surface area contributed by atoms with E-state index in [4.69, 9.17) is 4.42 Å². The highest BCUT2D eigenvalue weighted by Gasteiger charge is 2.17. The first-order valence-electron chi connectivity index (χ1n) is 4.72. The molecule has 0 aromatic carbocycles. The minimum absolute atomic E-state index is 0.0778. The first kappa shape index (κ1) is 11.6. The molecule has 0 spiro atoms. The molecule has 0 aliphatic carbocycles. The number of aromatic nitrogens is 1. The van der Waals surface area contributed by atoms with E-state index in [0.29, 0.717) is 22.5 Å². The lowest BCUT2D eigenvalue weighted by Gasteiger charge is -2.06. The fraction of sp³-hybridized carbons (Fsp3) is 0.100. The molecular formula is C10H8BrN3O3. The van der Waals surface area contributed by atoms with Gasteiger partial charge < -0.3 is 9.73 Å². The number of anilines is 1. The van der Waals surface area contributed by atoms with Crippen molar-refractivity contribution in [3.05, 3.63) is 51.1 Å². The molecule has 0 saturated carbocycles. The average Bonchev–Trinajstić information content (AvgIpc) is 2.80. The van der Waals surface area contributed by atoms with Gasteiger partial charge in [-0.15, -0.1) is 0 Å². The molecule has 0 bridgehead atoms. The molecule has 88 valence electrons. The Hall–Kier alpha value is -1.89. The maximum atomic E-state index is 10.8. The van der Waals surface area contributed by atoms with Crippen LogP contribution in [-0.4, -0.2) is 9.91 Å². The molecule has 0 radical (unpaired) electrons. The Bertz CT molecular complexity index is 528. The largest absolute Gasteiger partial charge is 0.467 e. The zero-order valence-corrected chi connectivity index (χ0v) is 10.2. The van der Waals surface area contributed by atoms with E-state index < -0.39 is 4.92 Å². The van der Waals surface area contributed by atoms with Crippen LogP contribution in [0.3, 0.4) is 0 Å². The number of hydrogen-bond donors (Lipinski definition) is 1. The van der Waals surface area contributed by atoms with Crippen LogP contribution >= 0.6 is 15.9 Å². The van der Waals surface area contributed by atoms with Gasteiger partial charge in [-0.3, -0.25) is 15.1 Å². The Labute approximate surface area is 105 Å². The highest BCUT2D eigenvalue weighted by molar-refractivity contribution is 9.10. The summed E-state index contributed by atoms with van der Waals surface area (Å²) in [7, 11) is 0. The van der Waals surface area contributed by atoms with Crippen molar-refractivity contribution in [1.82, 2.24) is 4.98 Å². The van der Waals surface area contributed by atoms with Gasteiger partial charge in [-0.25, -0.2) is 0 Å². The van der Waals surface area contributed by atoms with Gasteiger partial charge in [-0.05, 0) is 28.1 Å². The van der Waals surface area contributed by atoms with E-state index in [1.165, 1.54) is 12.4 Å². The third-order valence-electron chi connectivity index (χ3n) is 2.10. The van der Waals surface area contributed by atoms with E-state index in [1.54, 1.807) is 18.4 Å². The van der Waals surface area contributed by atoms with Gasteiger partial charge in [0.25, 0.3) is 0 Å². The number of furan rings is 1. The molecule has 0 fully saturated rings. The van der Waals surface area contributed by atoms with Crippen LogP contribution < -0.4 is 5.32 Å². The fourth-order valence-corrected chi connectivity index (χ4v) is 1.79. The molecular weight excluding hydrogens is 290 g/mol. The predicted molar refractivity (Wildman–Crippen MR) is 64.6 cm³/mol. The first-order chi connectivity index (χ1) is 8.18. The van der Waals surface area contributed by atoms with Crippen LogP contribution in [-0.2, 0) is 6.54 Å². The van der Waals surface area contributed by atoms with E-state index in [1.807, 2.05) is 0 Å². The lowest BCUT2D eigenvalue weighted by molar-refractivity contribution is -0.384. The number of nitro groups is 1. The Balaban J connectivity index is 2.22. The summed E-state index contributed by atoms with van der Waals surface area (Å²) in [6.07, 6.45) is 4.25. The maximum Gasteiger partial charge on any atom is 0.311 e. The number of nitrogens with one attached hydrogen (secondary N) is 1. The van der Waals surface area contributed by atoms with Crippen molar-refractivity contribution >= 4 is 27.3 Å². The molecule has 2 aromatic heterocycles. The topological polar surface area (TPSA) is 81.2 Å². The molecule has 0 aliphatic rings. The molecule has 2 rings (SSSR count). The maximum absolute atomic E-state index is 10.8. The molecule has 1 N–H and O–H groups in total. The van der Waals surface area contributed by atoms with E-state index in [-0.39, 0.29) is 5.69 Å². The molecule has 0 saturated heterocycles. The van der Waals surface area contributed by atoms with Crippen LogP contribution in [0, 0.1) is 10.1 Å². The van der Waals surface area contributed by atoms with Crippen LogP contribution in [0.15, 0.2) is 39.7 Å².